The smallest absolute Gasteiger partial charge is 0.295 e. The molecule has 2 aromatic rings. The van der Waals surface area contributed by atoms with Gasteiger partial charge in [0.15, 0.2) is 11.5 Å². The molecule has 1 aromatic heterocycles. The summed E-state index contributed by atoms with van der Waals surface area (Å²) in [7, 11) is 0. The maximum Gasteiger partial charge on any atom is 0.295 e. The van der Waals surface area contributed by atoms with Crippen LogP contribution < -0.4 is 5.32 Å². The largest absolute Gasteiger partial charge is 0.313 e. The summed E-state index contributed by atoms with van der Waals surface area (Å²) in [6.07, 6.45) is 0. The maximum absolute atomic E-state index is 13.5. The second kappa shape index (κ2) is 4.92. The van der Waals surface area contributed by atoms with Gasteiger partial charge in [0.2, 0.25) is 0 Å². The van der Waals surface area contributed by atoms with Crippen LogP contribution >= 0.6 is 11.3 Å². The van der Waals surface area contributed by atoms with Crippen LogP contribution in [0.3, 0.4) is 0 Å². The second-order valence-electron chi connectivity index (χ2n) is 3.32. The summed E-state index contributed by atoms with van der Waals surface area (Å²) in [6.45, 7) is 0. The predicted molar refractivity (Wildman–Crippen MR) is 65.3 cm³/mol. The highest BCUT2D eigenvalue weighted by Gasteiger charge is 2.20. The summed E-state index contributed by atoms with van der Waals surface area (Å²) in [4.78, 5) is 22.1. The molecule has 92 valence electrons. The van der Waals surface area contributed by atoms with E-state index in [1.54, 1.807) is 17.5 Å². The molecule has 0 radical (unpaired) electrons. The number of carbonyl (C=O) groups excluding carboxylic acids is 1. The number of nitro groups is 1. The Balaban J connectivity index is 2.34. The minimum atomic E-state index is -0.839. The maximum atomic E-state index is 13.5. The van der Waals surface area contributed by atoms with Gasteiger partial charge < -0.3 is 5.32 Å². The first kappa shape index (κ1) is 12.2. The first-order valence-electron chi connectivity index (χ1n) is 4.87. The fourth-order valence-corrected chi connectivity index (χ4v) is 1.99. The average Bonchev–Trinajstić information content (AvgIpc) is 2.85. The van der Waals surface area contributed by atoms with Crippen molar-refractivity contribution < 1.29 is 14.1 Å². The van der Waals surface area contributed by atoms with Crippen LogP contribution in [0.5, 0.6) is 0 Å². The number of para-hydroxylation sites is 1. The second-order valence-corrected chi connectivity index (χ2v) is 4.27. The van der Waals surface area contributed by atoms with E-state index in [0.29, 0.717) is 4.88 Å². The van der Waals surface area contributed by atoms with Crippen LogP contribution in [0.1, 0.15) is 9.67 Å². The Kier molecular flexibility index (Phi) is 3.33. The van der Waals surface area contributed by atoms with Crippen molar-refractivity contribution in [2.45, 2.75) is 0 Å². The summed E-state index contributed by atoms with van der Waals surface area (Å²) < 4.78 is 13.5. The van der Waals surface area contributed by atoms with Crippen molar-refractivity contribution in [3.05, 3.63) is 56.5 Å². The number of hydrogen-bond donors (Lipinski definition) is 1. The van der Waals surface area contributed by atoms with Crippen LogP contribution in [0.4, 0.5) is 15.8 Å². The monoisotopic (exact) mass is 266 g/mol. The number of nitrogens with one attached hydrogen (secondary N) is 1. The zero-order valence-corrected chi connectivity index (χ0v) is 9.74. The molecule has 0 aliphatic carbocycles. The predicted octanol–water partition coefficient (Wildman–Crippen LogP) is 3.05. The Morgan fingerprint density at radius 3 is 2.72 bits per heavy atom. The number of thiophene rings is 1. The third kappa shape index (κ3) is 2.35. The van der Waals surface area contributed by atoms with Gasteiger partial charge in [-0.2, -0.15) is 0 Å². The van der Waals surface area contributed by atoms with Gasteiger partial charge in [-0.05, 0) is 17.5 Å². The molecule has 2 rings (SSSR count). The number of carbonyl (C=O) groups is 1. The molecule has 1 aromatic carbocycles. The van der Waals surface area contributed by atoms with E-state index in [1.807, 2.05) is 0 Å². The number of anilines is 1. The molecule has 0 bridgehead atoms. The molecule has 0 atom stereocenters. The molecule has 1 heterocycles. The minimum absolute atomic E-state index is 0.354. The normalized spacial score (nSPS) is 10.1. The third-order valence-corrected chi connectivity index (χ3v) is 3.04. The fraction of sp³-hybridized carbons (Fsp3) is 0. The van der Waals surface area contributed by atoms with Crippen molar-refractivity contribution in [3.8, 4) is 0 Å². The van der Waals surface area contributed by atoms with E-state index in [9.17, 15) is 19.3 Å². The fourth-order valence-electron chi connectivity index (χ4n) is 1.37. The average molecular weight is 266 g/mol. The Labute approximate surface area is 105 Å². The Morgan fingerprint density at radius 1 is 1.33 bits per heavy atom. The topological polar surface area (TPSA) is 72.2 Å². The quantitative estimate of drug-likeness (QED) is 0.685. The number of benzene rings is 1. The molecule has 1 amide bonds. The number of nitro benzene ring substituents is 1. The lowest BCUT2D eigenvalue weighted by molar-refractivity contribution is -0.384. The van der Waals surface area contributed by atoms with Crippen LogP contribution in [0, 0.1) is 15.9 Å². The van der Waals surface area contributed by atoms with Crippen molar-refractivity contribution in [2.75, 3.05) is 5.32 Å². The molecule has 0 fully saturated rings. The summed E-state index contributed by atoms with van der Waals surface area (Å²) in [5.41, 5.74) is -0.888. The number of amides is 1. The molecular weight excluding hydrogens is 259 g/mol. The number of nitrogens with zero attached hydrogens (tertiary/aromatic N) is 1. The molecule has 5 nitrogen and oxygen atoms in total. The van der Waals surface area contributed by atoms with Crippen molar-refractivity contribution in [1.29, 1.82) is 0 Å². The van der Waals surface area contributed by atoms with E-state index < -0.39 is 28.0 Å². The van der Waals surface area contributed by atoms with Gasteiger partial charge in [-0.3, -0.25) is 14.9 Å². The zero-order chi connectivity index (χ0) is 13.1. The minimum Gasteiger partial charge on any atom is -0.313 e. The van der Waals surface area contributed by atoms with Crippen molar-refractivity contribution in [1.82, 2.24) is 0 Å². The van der Waals surface area contributed by atoms with Crippen LogP contribution in [-0.2, 0) is 0 Å². The highest BCUT2D eigenvalue weighted by Crippen LogP contribution is 2.27. The lowest BCUT2D eigenvalue weighted by Crippen LogP contribution is -2.13. The molecule has 0 spiro atoms. The van der Waals surface area contributed by atoms with E-state index in [1.165, 1.54) is 17.4 Å². The van der Waals surface area contributed by atoms with Crippen molar-refractivity contribution >= 4 is 28.6 Å². The molecule has 0 saturated heterocycles. The summed E-state index contributed by atoms with van der Waals surface area (Å²) in [5, 5.41) is 14.6. The Hall–Kier alpha value is -2.28. The van der Waals surface area contributed by atoms with E-state index in [-0.39, 0.29) is 0 Å². The van der Waals surface area contributed by atoms with Crippen LogP contribution in [0.2, 0.25) is 0 Å². The van der Waals surface area contributed by atoms with Gasteiger partial charge in [0, 0.05) is 6.07 Å². The number of hydrogen-bond acceptors (Lipinski definition) is 4. The highest BCUT2D eigenvalue weighted by atomic mass is 32.1. The van der Waals surface area contributed by atoms with Crippen molar-refractivity contribution in [2.24, 2.45) is 0 Å². The number of rotatable bonds is 3. The SMILES string of the molecule is O=C(Nc1c(F)cccc1[N+](=O)[O-])c1cccs1. The summed E-state index contributed by atoms with van der Waals surface area (Å²) in [5.74, 6) is -1.41. The molecule has 0 aliphatic rings. The van der Waals surface area contributed by atoms with Crippen molar-refractivity contribution in [3.63, 3.8) is 0 Å². The van der Waals surface area contributed by atoms with E-state index in [0.717, 1.165) is 12.1 Å². The van der Waals surface area contributed by atoms with Gasteiger partial charge in [-0.25, -0.2) is 4.39 Å². The van der Waals surface area contributed by atoms with Gasteiger partial charge in [0.05, 0.1) is 9.80 Å². The summed E-state index contributed by atoms with van der Waals surface area (Å²) >= 11 is 1.17. The van der Waals surface area contributed by atoms with Crippen LogP contribution in [0.25, 0.3) is 0 Å². The summed E-state index contributed by atoms with van der Waals surface area (Å²) in [6, 6.07) is 6.61. The van der Waals surface area contributed by atoms with Gasteiger partial charge in [-0.15, -0.1) is 11.3 Å². The first-order valence-corrected chi connectivity index (χ1v) is 5.75. The molecule has 1 N–H and O–H groups in total. The van der Waals surface area contributed by atoms with Gasteiger partial charge in [-0.1, -0.05) is 12.1 Å². The Morgan fingerprint density at radius 2 is 2.11 bits per heavy atom. The van der Waals surface area contributed by atoms with Gasteiger partial charge in [0.25, 0.3) is 11.6 Å². The standard InChI is InChI=1S/C11H7FN2O3S/c12-7-3-1-4-8(14(16)17)10(7)13-11(15)9-5-2-6-18-9/h1-6H,(H,13,15). The lowest BCUT2D eigenvalue weighted by atomic mass is 10.2. The number of halogens is 1. The molecule has 7 heteroatoms. The van der Waals surface area contributed by atoms with Crippen LogP contribution in [0.15, 0.2) is 35.7 Å². The third-order valence-electron chi connectivity index (χ3n) is 2.17. The molecule has 0 unspecified atom stereocenters. The van der Waals surface area contributed by atoms with E-state index in [4.69, 9.17) is 0 Å². The lowest BCUT2D eigenvalue weighted by Gasteiger charge is -2.05. The van der Waals surface area contributed by atoms with E-state index >= 15 is 0 Å². The Bertz CT molecular complexity index is 598. The molecule has 0 saturated carbocycles. The van der Waals surface area contributed by atoms with Gasteiger partial charge in [0.1, 0.15) is 0 Å². The zero-order valence-electron chi connectivity index (χ0n) is 8.92. The highest BCUT2D eigenvalue weighted by molar-refractivity contribution is 7.12. The van der Waals surface area contributed by atoms with E-state index in [2.05, 4.69) is 5.32 Å². The van der Waals surface area contributed by atoms with Crippen LogP contribution in [-0.4, -0.2) is 10.8 Å². The first-order chi connectivity index (χ1) is 8.59. The molecule has 0 aliphatic heterocycles. The van der Waals surface area contributed by atoms with Gasteiger partial charge >= 0.3 is 0 Å². The molecular formula is C11H7FN2O3S. The molecule has 18 heavy (non-hydrogen) atoms.